The summed E-state index contributed by atoms with van der Waals surface area (Å²) in [4.78, 5) is 11.4. The standard InChI is InChI=1S/C13H16Cl2N4S/c14-8-12-17-11-7-10(15)9-16-13(11)19(12)2-1-18-3-5-20-6-4-18/h7,9H,1-6,8H2. The molecule has 1 fully saturated rings. The van der Waals surface area contributed by atoms with Crippen LogP contribution in [0.2, 0.25) is 5.02 Å². The molecule has 7 heteroatoms. The smallest absolute Gasteiger partial charge is 0.160 e. The Bertz CT molecular complexity index is 595. The average molecular weight is 331 g/mol. The number of thioether (sulfide) groups is 1. The molecule has 0 spiro atoms. The third kappa shape index (κ3) is 3.06. The summed E-state index contributed by atoms with van der Waals surface area (Å²) in [6.07, 6.45) is 1.66. The minimum atomic E-state index is 0.393. The summed E-state index contributed by atoms with van der Waals surface area (Å²) >= 11 is 14.0. The molecule has 0 bridgehead atoms. The van der Waals surface area contributed by atoms with Crippen LogP contribution in [0.1, 0.15) is 5.82 Å². The first-order valence-corrected chi connectivity index (χ1v) is 8.71. The second-order valence-corrected chi connectivity index (χ2v) is 6.69. The Morgan fingerprint density at radius 2 is 2.05 bits per heavy atom. The van der Waals surface area contributed by atoms with Crippen molar-refractivity contribution in [3.8, 4) is 0 Å². The highest BCUT2D eigenvalue weighted by molar-refractivity contribution is 7.99. The van der Waals surface area contributed by atoms with Crippen molar-refractivity contribution in [1.82, 2.24) is 19.4 Å². The summed E-state index contributed by atoms with van der Waals surface area (Å²) in [6.45, 7) is 4.21. The van der Waals surface area contributed by atoms with Crippen LogP contribution in [0.25, 0.3) is 11.2 Å². The third-order valence-corrected chi connectivity index (χ3v) is 4.88. The summed E-state index contributed by atoms with van der Waals surface area (Å²) in [7, 11) is 0. The number of halogens is 2. The Kier molecular flexibility index (Phi) is 4.71. The zero-order chi connectivity index (χ0) is 13.9. The molecule has 2 aromatic rings. The molecule has 3 heterocycles. The number of fused-ring (bicyclic) bond motifs is 1. The lowest BCUT2D eigenvalue weighted by atomic mass is 10.4. The maximum Gasteiger partial charge on any atom is 0.160 e. The lowest BCUT2D eigenvalue weighted by molar-refractivity contribution is 0.289. The Morgan fingerprint density at radius 3 is 2.80 bits per heavy atom. The molecule has 0 aliphatic carbocycles. The highest BCUT2D eigenvalue weighted by Gasteiger charge is 2.14. The number of hydrogen-bond acceptors (Lipinski definition) is 4. The summed E-state index contributed by atoms with van der Waals surface area (Å²) in [5.41, 5.74) is 1.69. The largest absolute Gasteiger partial charge is 0.310 e. The van der Waals surface area contributed by atoms with Gasteiger partial charge in [-0.3, -0.25) is 4.90 Å². The van der Waals surface area contributed by atoms with E-state index in [1.165, 1.54) is 11.5 Å². The topological polar surface area (TPSA) is 34.0 Å². The van der Waals surface area contributed by atoms with Gasteiger partial charge in [0.15, 0.2) is 5.65 Å². The predicted octanol–water partition coefficient (Wildman–Crippen LogP) is 2.87. The number of rotatable bonds is 4. The van der Waals surface area contributed by atoms with Crippen LogP contribution in [0.5, 0.6) is 0 Å². The first kappa shape index (κ1) is 14.4. The van der Waals surface area contributed by atoms with Crippen LogP contribution in [-0.4, -0.2) is 50.6 Å². The lowest BCUT2D eigenvalue weighted by Gasteiger charge is -2.26. The number of imidazole rings is 1. The van der Waals surface area contributed by atoms with E-state index >= 15 is 0 Å². The Labute approximate surface area is 132 Å². The van der Waals surface area contributed by atoms with Crippen molar-refractivity contribution in [2.75, 3.05) is 31.1 Å². The highest BCUT2D eigenvalue weighted by atomic mass is 35.5. The van der Waals surface area contributed by atoms with Crippen molar-refractivity contribution in [3.05, 3.63) is 23.1 Å². The molecule has 20 heavy (non-hydrogen) atoms. The fourth-order valence-electron chi connectivity index (χ4n) is 2.44. The van der Waals surface area contributed by atoms with Gasteiger partial charge in [0.25, 0.3) is 0 Å². The van der Waals surface area contributed by atoms with Gasteiger partial charge in [-0.25, -0.2) is 9.97 Å². The van der Waals surface area contributed by atoms with E-state index in [0.29, 0.717) is 10.9 Å². The van der Waals surface area contributed by atoms with Gasteiger partial charge in [-0.05, 0) is 6.07 Å². The van der Waals surface area contributed by atoms with E-state index < -0.39 is 0 Å². The van der Waals surface area contributed by atoms with Crippen molar-refractivity contribution in [3.63, 3.8) is 0 Å². The average Bonchev–Trinajstić information content (AvgIpc) is 2.83. The van der Waals surface area contributed by atoms with Gasteiger partial charge in [-0.15, -0.1) is 11.6 Å². The van der Waals surface area contributed by atoms with Crippen LogP contribution in [0.4, 0.5) is 0 Å². The van der Waals surface area contributed by atoms with E-state index in [0.717, 1.165) is 43.2 Å². The van der Waals surface area contributed by atoms with Crippen molar-refractivity contribution in [2.24, 2.45) is 0 Å². The normalized spacial score (nSPS) is 16.9. The minimum absolute atomic E-state index is 0.393. The van der Waals surface area contributed by atoms with Crippen LogP contribution in [0, 0.1) is 0 Å². The van der Waals surface area contributed by atoms with Gasteiger partial charge in [0.1, 0.15) is 11.3 Å². The number of nitrogens with zero attached hydrogens (tertiary/aromatic N) is 4. The van der Waals surface area contributed by atoms with E-state index in [4.69, 9.17) is 23.2 Å². The van der Waals surface area contributed by atoms with E-state index in [2.05, 4.69) is 19.4 Å². The zero-order valence-electron chi connectivity index (χ0n) is 11.1. The summed E-state index contributed by atoms with van der Waals surface area (Å²) in [6, 6.07) is 1.84. The van der Waals surface area contributed by atoms with Gasteiger partial charge in [-0.2, -0.15) is 11.8 Å². The number of alkyl halides is 1. The second-order valence-electron chi connectivity index (χ2n) is 4.76. The first-order chi connectivity index (χ1) is 9.78. The zero-order valence-corrected chi connectivity index (χ0v) is 13.4. The van der Waals surface area contributed by atoms with Gasteiger partial charge in [0, 0.05) is 43.9 Å². The quantitative estimate of drug-likeness (QED) is 0.807. The van der Waals surface area contributed by atoms with Crippen LogP contribution in [0.3, 0.4) is 0 Å². The Hall–Kier alpha value is -0.490. The molecule has 4 nitrogen and oxygen atoms in total. The number of hydrogen-bond donors (Lipinski definition) is 0. The molecular weight excluding hydrogens is 315 g/mol. The second kappa shape index (κ2) is 6.52. The van der Waals surface area contributed by atoms with Gasteiger partial charge < -0.3 is 4.57 Å². The summed E-state index contributed by atoms with van der Waals surface area (Å²) in [5.74, 6) is 3.70. The van der Waals surface area contributed by atoms with Crippen molar-refractivity contribution in [1.29, 1.82) is 0 Å². The molecule has 0 unspecified atom stereocenters. The molecule has 0 N–H and O–H groups in total. The Balaban J connectivity index is 1.81. The van der Waals surface area contributed by atoms with Gasteiger partial charge in [0.2, 0.25) is 0 Å². The summed E-state index contributed by atoms with van der Waals surface area (Å²) in [5, 5.41) is 0.608. The van der Waals surface area contributed by atoms with Crippen LogP contribution in [-0.2, 0) is 12.4 Å². The van der Waals surface area contributed by atoms with Gasteiger partial charge >= 0.3 is 0 Å². The Morgan fingerprint density at radius 1 is 1.25 bits per heavy atom. The molecule has 0 amide bonds. The highest BCUT2D eigenvalue weighted by Crippen LogP contribution is 2.19. The SMILES string of the molecule is ClCc1nc2cc(Cl)cnc2n1CCN1CCSCC1. The molecule has 1 aliphatic heterocycles. The van der Waals surface area contributed by atoms with E-state index in [1.807, 2.05) is 17.8 Å². The lowest BCUT2D eigenvalue weighted by Crippen LogP contribution is -2.35. The van der Waals surface area contributed by atoms with E-state index in [1.54, 1.807) is 6.20 Å². The number of pyridine rings is 1. The fourth-order valence-corrected chi connectivity index (χ4v) is 3.77. The molecule has 1 saturated heterocycles. The molecule has 3 rings (SSSR count). The van der Waals surface area contributed by atoms with E-state index in [-0.39, 0.29) is 0 Å². The van der Waals surface area contributed by atoms with Crippen LogP contribution < -0.4 is 0 Å². The molecule has 2 aromatic heterocycles. The molecule has 0 radical (unpaired) electrons. The maximum absolute atomic E-state index is 6.00. The van der Waals surface area contributed by atoms with E-state index in [9.17, 15) is 0 Å². The van der Waals surface area contributed by atoms with Crippen molar-refractivity contribution < 1.29 is 0 Å². The maximum atomic E-state index is 6.00. The number of aromatic nitrogens is 3. The van der Waals surface area contributed by atoms with Crippen molar-refractivity contribution in [2.45, 2.75) is 12.4 Å². The molecule has 1 aliphatic rings. The summed E-state index contributed by atoms with van der Waals surface area (Å²) < 4.78 is 2.11. The van der Waals surface area contributed by atoms with Crippen LogP contribution in [0.15, 0.2) is 12.3 Å². The van der Waals surface area contributed by atoms with Crippen molar-refractivity contribution >= 4 is 46.1 Å². The van der Waals surface area contributed by atoms with Gasteiger partial charge in [-0.1, -0.05) is 11.6 Å². The predicted molar refractivity (Wildman–Crippen MR) is 85.9 cm³/mol. The third-order valence-electron chi connectivity index (χ3n) is 3.49. The molecule has 0 atom stereocenters. The first-order valence-electron chi connectivity index (χ1n) is 6.64. The van der Waals surface area contributed by atoms with Crippen LogP contribution >= 0.6 is 35.0 Å². The monoisotopic (exact) mass is 330 g/mol. The molecular formula is C13H16Cl2N4S. The molecule has 108 valence electrons. The minimum Gasteiger partial charge on any atom is -0.310 e. The van der Waals surface area contributed by atoms with Gasteiger partial charge in [0.05, 0.1) is 10.9 Å². The molecule has 0 saturated carbocycles. The molecule has 0 aromatic carbocycles. The fraction of sp³-hybridized carbons (Fsp3) is 0.538.